The summed E-state index contributed by atoms with van der Waals surface area (Å²) < 4.78 is 0. The van der Waals surface area contributed by atoms with E-state index in [1.807, 2.05) is 0 Å². The van der Waals surface area contributed by atoms with Gasteiger partial charge in [0, 0.05) is 35.8 Å². The van der Waals surface area contributed by atoms with E-state index in [0.717, 1.165) is 41.5 Å². The van der Waals surface area contributed by atoms with E-state index in [4.69, 9.17) is 59.4 Å². The summed E-state index contributed by atoms with van der Waals surface area (Å²) in [5.74, 6) is -6.50. The number of carboxylic acids is 6. The maximum Gasteiger partial charge on any atom is 4.00 e. The van der Waals surface area contributed by atoms with Crippen molar-refractivity contribution in [3.05, 3.63) is 0 Å². The standard InChI is InChI=1S/6C2H4O2.Cu.Si/c6*1-2(3)4;;/h6*1H3,(H,3,4);;/q;;;;;;+2;+4/p-6. The van der Waals surface area contributed by atoms with Gasteiger partial charge in [0.15, 0.2) is 0 Å². The minimum Gasteiger partial charge on any atom is -0.550 e. The van der Waals surface area contributed by atoms with Gasteiger partial charge in [0.25, 0.3) is 0 Å². The molecule has 0 bridgehead atoms. The molecule has 12 nitrogen and oxygen atoms in total. The van der Waals surface area contributed by atoms with Gasteiger partial charge in [-0.25, -0.2) is 0 Å². The van der Waals surface area contributed by atoms with Crippen molar-refractivity contribution in [1.29, 1.82) is 0 Å². The largest absolute Gasteiger partial charge is 4.00 e. The van der Waals surface area contributed by atoms with Gasteiger partial charge in [-0.2, -0.15) is 0 Å². The Morgan fingerprint density at radius 3 is 0.385 bits per heavy atom. The molecule has 0 atom stereocenters. The van der Waals surface area contributed by atoms with Crippen molar-refractivity contribution >= 4 is 46.8 Å². The minimum absolute atomic E-state index is 0. The van der Waals surface area contributed by atoms with Crippen molar-refractivity contribution in [2.24, 2.45) is 0 Å². The fourth-order valence-corrected chi connectivity index (χ4v) is 0. The van der Waals surface area contributed by atoms with Gasteiger partial charge in [-0.3, -0.25) is 0 Å². The molecule has 0 heterocycles. The number of carbonyl (C=O) groups excluding carboxylic acids is 6. The smallest absolute Gasteiger partial charge is 0.550 e. The van der Waals surface area contributed by atoms with E-state index in [2.05, 4.69) is 0 Å². The van der Waals surface area contributed by atoms with E-state index in [-0.39, 0.29) is 28.0 Å². The minimum atomic E-state index is -1.08. The van der Waals surface area contributed by atoms with Crippen LogP contribution < -0.4 is 30.6 Å². The summed E-state index contributed by atoms with van der Waals surface area (Å²) in [6, 6.07) is 0. The summed E-state index contributed by atoms with van der Waals surface area (Å²) in [7, 11) is 0. The summed E-state index contributed by atoms with van der Waals surface area (Å²) in [6.07, 6.45) is 0. The summed E-state index contributed by atoms with van der Waals surface area (Å²) >= 11 is 0. The van der Waals surface area contributed by atoms with Gasteiger partial charge >= 0.3 is 28.0 Å². The van der Waals surface area contributed by atoms with Gasteiger partial charge in [0.1, 0.15) is 0 Å². The molecule has 1 radical (unpaired) electrons. The molecule has 14 heteroatoms. The SMILES string of the molecule is CC(=O)[O-].CC(=O)[O-].CC(=O)[O-].CC(=O)[O-].CC(=O)[O-].CC(=O)[O-].[Cu+2].[Si+4]. The van der Waals surface area contributed by atoms with Gasteiger partial charge in [-0.15, -0.1) is 0 Å². The molecule has 0 spiro atoms. The zero-order valence-electron chi connectivity index (χ0n) is 14.7. The first-order chi connectivity index (χ1) is 10.4. The van der Waals surface area contributed by atoms with Crippen molar-refractivity contribution in [2.45, 2.75) is 41.5 Å². The first kappa shape index (κ1) is 49.5. The fraction of sp³-hybridized carbons (Fsp3) is 0.500. The molecule has 0 aromatic heterocycles. The fourth-order valence-electron chi connectivity index (χ4n) is 0. The molecule has 0 aliphatic carbocycles. The molecular weight excluding hydrogens is 428 g/mol. The molecule has 0 fully saturated rings. The number of hydrogen-bond acceptors (Lipinski definition) is 12. The van der Waals surface area contributed by atoms with Crippen LogP contribution in [0.5, 0.6) is 0 Å². The number of rotatable bonds is 0. The Labute approximate surface area is 165 Å². The Hall–Kier alpha value is -2.44. The number of carboxylic acid groups (broad SMARTS) is 6. The Bertz CT molecular complexity index is 267. The summed E-state index contributed by atoms with van der Waals surface area (Å²) in [5.41, 5.74) is 0. The Morgan fingerprint density at radius 1 is 0.385 bits per heavy atom. The average Bonchev–Trinajstić information content (AvgIpc) is 2.08. The van der Waals surface area contributed by atoms with Crippen LogP contribution in [0.25, 0.3) is 0 Å². The molecular formula is C12H18CuO12Si. The second-order valence-electron chi connectivity index (χ2n) is 2.95. The van der Waals surface area contributed by atoms with Crippen LogP contribution in [0, 0.1) is 0 Å². The third-order valence-corrected chi connectivity index (χ3v) is 0. The van der Waals surface area contributed by atoms with E-state index in [0.29, 0.717) is 0 Å². The molecule has 0 aromatic rings. The Balaban J connectivity index is -0.0000000245. The quantitative estimate of drug-likeness (QED) is 0.315. The molecule has 26 heavy (non-hydrogen) atoms. The number of hydrogen-bond donors (Lipinski definition) is 0. The first-order valence-corrected chi connectivity index (χ1v) is 5.45. The summed E-state index contributed by atoms with van der Waals surface area (Å²) in [4.78, 5) is 53.3. The van der Waals surface area contributed by atoms with E-state index < -0.39 is 35.8 Å². The second kappa shape index (κ2) is 43.3. The Morgan fingerprint density at radius 2 is 0.385 bits per heavy atom. The third kappa shape index (κ3) is 1530. The molecule has 0 saturated carbocycles. The maximum absolute atomic E-state index is 8.89. The van der Waals surface area contributed by atoms with Crippen molar-refractivity contribution < 1.29 is 76.5 Å². The van der Waals surface area contributed by atoms with Crippen LogP contribution >= 0.6 is 0 Å². The van der Waals surface area contributed by atoms with Crippen molar-refractivity contribution in [3.63, 3.8) is 0 Å². The van der Waals surface area contributed by atoms with Crippen molar-refractivity contribution in [1.82, 2.24) is 0 Å². The van der Waals surface area contributed by atoms with E-state index in [9.17, 15) is 0 Å². The molecule has 0 rings (SSSR count). The number of aliphatic carboxylic acids is 6. The first-order valence-electron chi connectivity index (χ1n) is 5.45. The summed E-state index contributed by atoms with van der Waals surface area (Å²) in [5, 5.41) is 53.3. The normalized spacial score (nSPS) is 5.77. The zero-order valence-corrected chi connectivity index (χ0v) is 16.6. The molecule has 0 N–H and O–H groups in total. The molecule has 153 valence electrons. The van der Waals surface area contributed by atoms with Gasteiger partial charge in [-0.1, -0.05) is 0 Å². The van der Waals surface area contributed by atoms with Crippen LogP contribution in [-0.4, -0.2) is 46.8 Å². The molecule has 0 aliphatic heterocycles. The predicted molar refractivity (Wildman–Crippen MR) is 69.8 cm³/mol. The van der Waals surface area contributed by atoms with Gasteiger partial charge in [0.05, 0.1) is 0 Å². The third-order valence-electron chi connectivity index (χ3n) is 0. The topological polar surface area (TPSA) is 241 Å². The van der Waals surface area contributed by atoms with Gasteiger partial charge < -0.3 is 59.4 Å². The summed E-state index contributed by atoms with van der Waals surface area (Å²) in [6.45, 7) is 5.83. The van der Waals surface area contributed by atoms with Crippen LogP contribution in [0.4, 0.5) is 0 Å². The molecule has 0 aliphatic rings. The average molecular weight is 446 g/mol. The van der Waals surface area contributed by atoms with Crippen LogP contribution in [0.3, 0.4) is 0 Å². The van der Waals surface area contributed by atoms with Gasteiger partial charge in [-0.05, 0) is 41.5 Å². The molecule has 0 saturated heterocycles. The van der Waals surface area contributed by atoms with Crippen molar-refractivity contribution in [2.75, 3.05) is 0 Å². The van der Waals surface area contributed by atoms with E-state index >= 15 is 0 Å². The van der Waals surface area contributed by atoms with E-state index in [1.165, 1.54) is 0 Å². The van der Waals surface area contributed by atoms with Gasteiger partial charge in [0.2, 0.25) is 0 Å². The van der Waals surface area contributed by atoms with Crippen LogP contribution in [-0.2, 0) is 45.8 Å². The predicted octanol–water partition coefficient (Wildman–Crippen LogP) is -7.85. The van der Waals surface area contributed by atoms with Crippen LogP contribution in [0.15, 0.2) is 0 Å². The van der Waals surface area contributed by atoms with Crippen LogP contribution in [0.1, 0.15) is 41.5 Å². The van der Waals surface area contributed by atoms with E-state index in [1.54, 1.807) is 0 Å². The maximum atomic E-state index is 8.89. The molecule has 0 amide bonds. The van der Waals surface area contributed by atoms with Crippen LogP contribution in [0.2, 0.25) is 0 Å². The Kier molecular flexibility index (Phi) is 82.5. The monoisotopic (exact) mass is 445 g/mol. The second-order valence-corrected chi connectivity index (χ2v) is 2.95. The molecule has 0 aromatic carbocycles. The zero-order chi connectivity index (χ0) is 21.5. The molecule has 0 unspecified atom stereocenters. The van der Waals surface area contributed by atoms with Crippen molar-refractivity contribution in [3.8, 4) is 0 Å². The number of carbonyl (C=O) groups is 6.